The van der Waals surface area contributed by atoms with Crippen LogP contribution in [0.4, 0.5) is 9.93 Å². The number of hydrogen-bond acceptors (Lipinski definition) is 18. The number of nitrogens with zero attached hydrogens (tertiary/aromatic N) is 7. The fourth-order valence-electron chi connectivity index (χ4n) is 8.26. The van der Waals surface area contributed by atoms with Gasteiger partial charge in [-0.2, -0.15) is 0 Å². The van der Waals surface area contributed by atoms with E-state index in [2.05, 4.69) is 26.1 Å². The minimum absolute atomic E-state index is 0.0200. The first-order valence-electron chi connectivity index (χ1n) is 22.3. The lowest BCUT2D eigenvalue weighted by Crippen LogP contribution is -2.71. The zero-order chi connectivity index (χ0) is 53.3. The predicted octanol–water partition coefficient (Wildman–Crippen LogP) is -1.54. The van der Waals surface area contributed by atoms with E-state index < -0.39 is 105 Å². The van der Waals surface area contributed by atoms with Gasteiger partial charge in [-0.05, 0) is 40.2 Å². The summed E-state index contributed by atoms with van der Waals surface area (Å²) < 4.78 is 1.02. The summed E-state index contributed by atoms with van der Waals surface area (Å²) in [6.45, 7) is 8.42. The highest BCUT2D eigenvalue weighted by atomic mass is 32.2. The molecule has 7 N–H and O–H groups in total. The van der Waals surface area contributed by atoms with Crippen molar-refractivity contribution >= 4 is 105 Å². The molecule has 0 saturated carbocycles. The second kappa shape index (κ2) is 21.2. The Morgan fingerprint density at radius 3 is 2.22 bits per heavy atom. The van der Waals surface area contributed by atoms with Crippen molar-refractivity contribution in [1.82, 2.24) is 40.5 Å². The fraction of sp³-hybridized carbons (Fsp3) is 0.400. The number of pyridine rings is 1. The van der Waals surface area contributed by atoms with Gasteiger partial charge in [-0.3, -0.25) is 38.6 Å². The number of nitrogens with two attached hydrogens (primary N) is 1. The number of nitrogens with one attached hydrogen (secondary N) is 3. The second-order valence-electron chi connectivity index (χ2n) is 17.8. The number of hydrogen-bond donors (Lipinski definition) is 6. The van der Waals surface area contributed by atoms with Crippen molar-refractivity contribution in [1.29, 1.82) is 0 Å². The van der Waals surface area contributed by atoms with Crippen molar-refractivity contribution in [2.45, 2.75) is 86.4 Å². The molecule has 0 aliphatic carbocycles. The second-order valence-corrected chi connectivity index (χ2v) is 21.6. The third-order valence-corrected chi connectivity index (χ3v) is 15.7. The molecule has 4 saturated heterocycles. The largest absolute Gasteiger partial charge is 0.543 e. The van der Waals surface area contributed by atoms with Crippen molar-refractivity contribution in [3.05, 3.63) is 88.8 Å². The van der Waals surface area contributed by atoms with E-state index in [0.29, 0.717) is 23.4 Å². The predicted molar refractivity (Wildman–Crippen MR) is 257 cm³/mol. The van der Waals surface area contributed by atoms with Gasteiger partial charge in [0.15, 0.2) is 29.8 Å². The standard InChI is InChI=1S/C23H27N5O7S.C22H22N6O7S2/c1-4-26-10-11-27(19(32)18(26)31)22(35)25-13(12-8-6-5-7-9-12)16(29)24-14-17(30)28-15(21(33)34)23(2,3)36-20(14)28;1-22(2,20(33)34)35-26-13(12-10-37-21(23)24-12)16(29)25-14-17(30)28-15(19(31)32)11(9-36-18(14)28)8-27-6-4-3-5-7-27/h5-9,13-15,20H,4,10-11H2,1-3H3,(H,24,29)(H,25,35)(H,33,34);3-7,10,14,18H,8-9H2,1-2H3,(H4-,23,24,25,29,31,32,33,34)/b;26-13-/t13-,14-,15+,20-;14-,18-/m11/s1. The molecule has 8 rings (SSSR count). The number of likely N-dealkylation sites (N-methyl/N-ethyl adjacent to an activating group) is 1. The maximum absolute atomic E-state index is 13.3. The molecule has 0 unspecified atom stereocenters. The van der Waals surface area contributed by atoms with Crippen LogP contribution in [0.15, 0.2) is 82.7 Å². The van der Waals surface area contributed by atoms with Crippen molar-refractivity contribution in [2.75, 3.05) is 31.1 Å². The topological polar surface area (TPSA) is 348 Å². The summed E-state index contributed by atoms with van der Waals surface area (Å²) in [6.07, 6.45) is 3.55. The zero-order valence-corrected chi connectivity index (χ0v) is 42.0. The van der Waals surface area contributed by atoms with E-state index in [0.717, 1.165) is 21.1 Å². The van der Waals surface area contributed by atoms with Crippen LogP contribution in [0.1, 0.15) is 51.9 Å². The van der Waals surface area contributed by atoms with Gasteiger partial charge in [0.2, 0.25) is 17.4 Å². The van der Waals surface area contributed by atoms with E-state index in [1.165, 1.54) is 52.6 Å². The van der Waals surface area contributed by atoms with Gasteiger partial charge >= 0.3 is 29.8 Å². The van der Waals surface area contributed by atoms with Crippen LogP contribution in [0.5, 0.6) is 0 Å². The molecule has 0 bridgehead atoms. The maximum Gasteiger partial charge on any atom is 0.350 e. The van der Waals surface area contributed by atoms with Gasteiger partial charge in [-0.1, -0.05) is 41.6 Å². The molecule has 73 heavy (non-hydrogen) atoms. The van der Waals surface area contributed by atoms with Crippen molar-refractivity contribution in [2.24, 2.45) is 5.16 Å². The summed E-state index contributed by atoms with van der Waals surface area (Å²) in [7, 11) is 0. The average Bonchev–Trinajstić information content (AvgIpc) is 3.90. The number of benzene rings is 1. The SMILES string of the molecule is CC(C)(O/N=C(\C(=O)N[C@@H]1C(=O)N2C(C(=O)[O-])=C(C[n+]3ccccc3)CS[C@H]12)c1csc(N)n1)C(=O)O.CCN1CCN(C(=O)N[C@@H](C(=O)N[C@@H]2C(=O)N3[C@@H]2SC(C)(C)[C@@H]3C(=O)O)c2ccccc2)C(=O)C1=O. The Morgan fingerprint density at radius 1 is 0.959 bits per heavy atom. The van der Waals surface area contributed by atoms with Crippen LogP contribution in [-0.4, -0.2) is 164 Å². The molecule has 4 fully saturated rings. The number of carbonyl (C=O) groups is 10. The first kappa shape index (κ1) is 53.2. The molecule has 386 valence electrons. The van der Waals surface area contributed by atoms with E-state index in [4.69, 9.17) is 10.6 Å². The smallest absolute Gasteiger partial charge is 0.350 e. The van der Waals surface area contributed by atoms with Crippen molar-refractivity contribution in [3.63, 3.8) is 0 Å². The van der Waals surface area contributed by atoms with Gasteiger partial charge in [0.05, 0.1) is 11.7 Å². The third kappa shape index (κ3) is 10.8. The molecule has 3 aromatic rings. The van der Waals surface area contributed by atoms with Gasteiger partial charge in [-0.15, -0.1) is 34.9 Å². The number of thioether (sulfide) groups is 2. The summed E-state index contributed by atoms with van der Waals surface area (Å²) in [5.41, 5.74) is 4.23. The number of nitrogen functional groups attached to an aromatic ring is 1. The average molecular weight is 1060 g/mol. The molecule has 0 radical (unpaired) electrons. The first-order chi connectivity index (χ1) is 34.5. The normalized spacial score (nSPS) is 22.6. The molecule has 5 aliphatic rings. The molecule has 25 nitrogen and oxygen atoms in total. The Labute approximate surface area is 428 Å². The molecule has 6 atom stereocenters. The maximum atomic E-state index is 13.3. The fourth-order valence-corrected chi connectivity index (χ4v) is 11.8. The highest BCUT2D eigenvalue weighted by molar-refractivity contribution is 8.01. The Morgan fingerprint density at radius 2 is 1.62 bits per heavy atom. The van der Waals surface area contributed by atoms with Crippen LogP contribution < -0.4 is 31.4 Å². The highest BCUT2D eigenvalue weighted by Crippen LogP contribution is 2.51. The van der Waals surface area contributed by atoms with E-state index in [-0.39, 0.29) is 41.9 Å². The number of oxime groups is 1. The minimum atomic E-state index is -1.75. The number of carboxylic acid groups (broad SMARTS) is 3. The summed E-state index contributed by atoms with van der Waals surface area (Å²) in [5.74, 6) is -8.13. The highest BCUT2D eigenvalue weighted by Gasteiger charge is 2.64. The molecular formula is C45H49N11O14S3. The van der Waals surface area contributed by atoms with Crippen molar-refractivity contribution in [3.8, 4) is 0 Å². The summed E-state index contributed by atoms with van der Waals surface area (Å²) in [6, 6.07) is 8.48. The number of imide groups is 1. The number of thiazole rings is 1. The van der Waals surface area contributed by atoms with Crippen LogP contribution in [0, 0.1) is 0 Å². The summed E-state index contributed by atoms with van der Waals surface area (Å²) in [4.78, 5) is 138. The van der Waals surface area contributed by atoms with Gasteiger partial charge < -0.3 is 56.4 Å². The molecule has 2 aromatic heterocycles. The molecule has 8 amide bonds. The van der Waals surface area contributed by atoms with Crippen LogP contribution in [0.3, 0.4) is 0 Å². The van der Waals surface area contributed by atoms with Crippen LogP contribution in [0.2, 0.25) is 0 Å². The van der Waals surface area contributed by atoms with Crippen LogP contribution >= 0.6 is 34.9 Å². The van der Waals surface area contributed by atoms with E-state index in [1.807, 2.05) is 6.07 Å². The van der Waals surface area contributed by atoms with E-state index in [9.17, 15) is 63.3 Å². The summed E-state index contributed by atoms with van der Waals surface area (Å²) in [5, 5.41) is 42.5. The molecule has 5 aliphatic heterocycles. The lowest BCUT2D eigenvalue weighted by Gasteiger charge is -2.50. The number of urea groups is 1. The summed E-state index contributed by atoms with van der Waals surface area (Å²) >= 11 is 3.60. The van der Waals surface area contributed by atoms with Crippen molar-refractivity contribution < 1.29 is 72.7 Å². The van der Waals surface area contributed by atoms with Gasteiger partial charge in [0.25, 0.3) is 11.8 Å². The molecule has 0 spiro atoms. The van der Waals surface area contributed by atoms with Gasteiger partial charge in [0, 0.05) is 53.2 Å². The Kier molecular flexibility index (Phi) is 15.5. The first-order valence-corrected chi connectivity index (χ1v) is 25.1. The Bertz CT molecular complexity index is 2830. The van der Waals surface area contributed by atoms with Gasteiger partial charge in [0.1, 0.15) is 40.6 Å². The van der Waals surface area contributed by atoms with E-state index >= 15 is 0 Å². The van der Waals surface area contributed by atoms with Crippen LogP contribution in [-0.2, 0) is 54.5 Å². The molecule has 28 heteroatoms. The number of fused-ring (bicyclic) bond motifs is 2. The van der Waals surface area contributed by atoms with E-state index in [1.54, 1.807) is 80.2 Å². The quantitative estimate of drug-likeness (QED) is 0.0330. The lowest BCUT2D eigenvalue weighted by atomic mass is 9.95. The van der Waals surface area contributed by atoms with Crippen LogP contribution in [0.25, 0.3) is 0 Å². The number of amides is 8. The minimum Gasteiger partial charge on any atom is -0.543 e. The molecule has 7 heterocycles. The zero-order valence-electron chi connectivity index (χ0n) is 39.6. The number of aliphatic carboxylic acids is 3. The number of rotatable bonds is 15. The monoisotopic (exact) mass is 1060 g/mol. The van der Waals surface area contributed by atoms with Gasteiger partial charge in [-0.25, -0.2) is 23.9 Å². The number of carbonyl (C=O) groups excluding carboxylic acids is 8. The number of β-lactam (4-membered cyclic amide) rings is 2. The number of carboxylic acids is 3. The molecular weight excluding hydrogens is 1010 g/mol. The Balaban J connectivity index is 0.000000214. The lowest BCUT2D eigenvalue weighted by molar-refractivity contribution is -0.689. The molecule has 1 aromatic carbocycles. The number of aromatic nitrogens is 2. The third-order valence-electron chi connectivity index (χ3n) is 12.1. The number of anilines is 1. The Hall–Kier alpha value is -7.59. The number of piperazine rings is 1.